The molecule has 0 saturated carbocycles. The number of rotatable bonds is 8. The maximum atomic E-state index is 15.8. The normalized spacial score (nSPS) is 13.2. The molecule has 196 valence electrons. The van der Waals surface area contributed by atoms with E-state index in [2.05, 4.69) is 4.98 Å². The summed E-state index contributed by atoms with van der Waals surface area (Å²) >= 11 is 0. The van der Waals surface area contributed by atoms with E-state index in [-0.39, 0.29) is 30.1 Å². The zero-order chi connectivity index (χ0) is 26.9. The van der Waals surface area contributed by atoms with E-state index in [4.69, 9.17) is 21.4 Å². The van der Waals surface area contributed by atoms with Crippen LogP contribution in [0.1, 0.15) is 28.9 Å². The average Bonchev–Trinajstić information content (AvgIpc) is 3.39. The number of para-hydroxylation sites is 1. The highest BCUT2D eigenvalue weighted by Gasteiger charge is 2.24. The molecule has 0 unspecified atom stereocenters. The monoisotopic (exact) mass is 509 g/mol. The number of hydrogen-bond donors (Lipinski definition) is 4. The van der Waals surface area contributed by atoms with Crippen LogP contribution in [0.5, 0.6) is 5.75 Å². The maximum absolute atomic E-state index is 15.8. The highest BCUT2D eigenvalue weighted by Crippen LogP contribution is 2.39. The Morgan fingerprint density at radius 3 is 2.70 bits per heavy atom. The molecule has 0 saturated heterocycles. The van der Waals surface area contributed by atoms with Crippen molar-refractivity contribution in [3.05, 3.63) is 71.9 Å². The van der Waals surface area contributed by atoms with Crippen molar-refractivity contribution in [3.8, 4) is 16.9 Å². The summed E-state index contributed by atoms with van der Waals surface area (Å²) in [5.41, 5.74) is 8.43. The van der Waals surface area contributed by atoms with Crippen molar-refractivity contribution in [1.82, 2.24) is 14.9 Å². The molecule has 0 bridgehead atoms. The van der Waals surface area contributed by atoms with Crippen LogP contribution in [0.4, 0.5) is 4.39 Å². The van der Waals surface area contributed by atoms with E-state index in [9.17, 15) is 9.59 Å². The van der Waals surface area contributed by atoms with Crippen molar-refractivity contribution in [1.29, 1.82) is 0 Å². The fraction of sp³-hybridized carbons (Fsp3) is 0.259. The molecule has 4 rings (SSSR count). The molecule has 1 aliphatic rings. The highest BCUT2D eigenvalue weighted by molar-refractivity contribution is 6.02. The van der Waals surface area contributed by atoms with Crippen LogP contribution >= 0.6 is 0 Å². The summed E-state index contributed by atoms with van der Waals surface area (Å²) in [5.74, 6) is 5.85. The van der Waals surface area contributed by atoms with Crippen molar-refractivity contribution in [2.45, 2.75) is 12.8 Å². The van der Waals surface area contributed by atoms with Crippen molar-refractivity contribution >= 4 is 28.7 Å². The number of nitrogens with two attached hydrogens (primary N) is 2. The summed E-state index contributed by atoms with van der Waals surface area (Å²) in [6, 6.07) is 10.9. The standard InChI is InChI=1S/C26H28FN5O3.CH4O/c1-35-23-7-3-2-6-19(23)21-14-20(25(27)26-22(21)13-18(16-33)30-26)17-5-4-10-31(15-17)24(34)8-11-32(29)12-9-28;1-2/h2-3,5-7,9,12-14,16,30H,4,8,10-11,15,28-29H2,1H3;2H,1H3/b12-9-;. The molecule has 0 aliphatic carbocycles. The Balaban J connectivity index is 0.00000186. The van der Waals surface area contributed by atoms with Crippen LogP contribution in [0.2, 0.25) is 0 Å². The fourth-order valence-electron chi connectivity index (χ4n) is 4.39. The van der Waals surface area contributed by atoms with E-state index >= 15 is 4.39 Å². The molecule has 0 spiro atoms. The zero-order valence-corrected chi connectivity index (χ0v) is 20.9. The molecular formula is C27H32FN5O4. The minimum Gasteiger partial charge on any atom is -0.496 e. The van der Waals surface area contributed by atoms with Crippen LogP contribution in [0, 0.1) is 5.82 Å². The lowest BCUT2D eigenvalue weighted by molar-refractivity contribution is -0.130. The van der Waals surface area contributed by atoms with Gasteiger partial charge in [0.2, 0.25) is 5.91 Å². The first-order chi connectivity index (χ1) is 18.0. The van der Waals surface area contributed by atoms with E-state index in [1.54, 1.807) is 24.1 Å². The number of amides is 1. The number of methoxy groups -OCH3 is 1. The van der Waals surface area contributed by atoms with Crippen molar-refractivity contribution < 1.29 is 23.8 Å². The third-order valence-corrected chi connectivity index (χ3v) is 6.11. The first-order valence-electron chi connectivity index (χ1n) is 11.7. The second-order valence-electron chi connectivity index (χ2n) is 8.28. The van der Waals surface area contributed by atoms with Crippen LogP contribution in [0.3, 0.4) is 0 Å². The summed E-state index contributed by atoms with van der Waals surface area (Å²) in [6.07, 6.45) is 6.22. The molecule has 6 N–H and O–H groups in total. The van der Waals surface area contributed by atoms with E-state index in [0.29, 0.717) is 48.1 Å². The third kappa shape index (κ3) is 5.99. The predicted octanol–water partition coefficient (Wildman–Crippen LogP) is 3.02. The van der Waals surface area contributed by atoms with Gasteiger partial charge in [-0.3, -0.25) is 9.59 Å². The number of benzene rings is 2. The molecule has 1 aliphatic heterocycles. The summed E-state index contributed by atoms with van der Waals surface area (Å²) in [6.45, 7) is 1.13. The third-order valence-electron chi connectivity index (χ3n) is 6.11. The van der Waals surface area contributed by atoms with Gasteiger partial charge in [0.05, 0.1) is 18.3 Å². The Hall–Kier alpha value is -4.15. The molecule has 37 heavy (non-hydrogen) atoms. The number of carbonyl (C=O) groups excluding carboxylic acids is 2. The second-order valence-corrected chi connectivity index (χ2v) is 8.28. The number of halogens is 1. The van der Waals surface area contributed by atoms with Gasteiger partial charge in [0, 0.05) is 62.1 Å². The number of hydrogen-bond acceptors (Lipinski definition) is 7. The van der Waals surface area contributed by atoms with Crippen LogP contribution in [-0.4, -0.2) is 66.0 Å². The number of hydrazine groups is 1. The van der Waals surface area contributed by atoms with E-state index in [0.717, 1.165) is 18.2 Å². The van der Waals surface area contributed by atoms with Crippen LogP contribution in [-0.2, 0) is 4.79 Å². The summed E-state index contributed by atoms with van der Waals surface area (Å²) in [5, 5.41) is 8.93. The van der Waals surface area contributed by atoms with Gasteiger partial charge >= 0.3 is 0 Å². The molecule has 0 fully saturated rings. The Kier molecular flexibility index (Phi) is 9.42. The van der Waals surface area contributed by atoms with Gasteiger partial charge in [0.25, 0.3) is 0 Å². The number of aldehydes is 1. The van der Waals surface area contributed by atoms with Crippen LogP contribution < -0.4 is 16.3 Å². The molecular weight excluding hydrogens is 477 g/mol. The number of aromatic amines is 1. The Bertz CT molecular complexity index is 1320. The number of aromatic nitrogens is 1. The molecule has 3 aromatic rings. The smallest absolute Gasteiger partial charge is 0.224 e. The Labute approximate surface area is 214 Å². The van der Waals surface area contributed by atoms with Crippen molar-refractivity contribution in [2.24, 2.45) is 11.6 Å². The number of aliphatic hydroxyl groups excluding tert-OH is 1. The zero-order valence-electron chi connectivity index (χ0n) is 20.9. The summed E-state index contributed by atoms with van der Waals surface area (Å²) in [7, 11) is 2.58. The molecule has 10 heteroatoms. The number of carbonyl (C=O) groups is 2. The van der Waals surface area contributed by atoms with Crippen molar-refractivity contribution in [3.63, 3.8) is 0 Å². The Morgan fingerprint density at radius 2 is 2.00 bits per heavy atom. The first kappa shape index (κ1) is 27.4. The van der Waals surface area contributed by atoms with Crippen molar-refractivity contribution in [2.75, 3.05) is 33.9 Å². The molecule has 2 aromatic carbocycles. The number of fused-ring (bicyclic) bond motifs is 1. The van der Waals surface area contributed by atoms with Crippen LogP contribution in [0.15, 0.2) is 54.9 Å². The first-order valence-corrected chi connectivity index (χ1v) is 11.7. The topological polar surface area (TPSA) is 138 Å². The van der Waals surface area contributed by atoms with E-state index < -0.39 is 5.82 Å². The van der Waals surface area contributed by atoms with E-state index in [1.165, 1.54) is 17.4 Å². The van der Waals surface area contributed by atoms with E-state index in [1.807, 2.05) is 30.3 Å². The number of nitrogens with one attached hydrogen (secondary N) is 1. The number of aliphatic hydroxyl groups is 1. The van der Waals surface area contributed by atoms with Gasteiger partial charge in [0.15, 0.2) is 12.1 Å². The second kappa shape index (κ2) is 12.7. The lowest BCUT2D eigenvalue weighted by Crippen LogP contribution is -2.38. The van der Waals surface area contributed by atoms with Gasteiger partial charge in [0.1, 0.15) is 5.75 Å². The maximum Gasteiger partial charge on any atom is 0.224 e. The molecule has 0 radical (unpaired) electrons. The largest absolute Gasteiger partial charge is 0.496 e. The minimum absolute atomic E-state index is 0.0778. The van der Waals surface area contributed by atoms with Crippen LogP contribution in [0.25, 0.3) is 27.6 Å². The molecule has 1 amide bonds. The van der Waals surface area contributed by atoms with Gasteiger partial charge < -0.3 is 30.5 Å². The molecule has 9 nitrogen and oxygen atoms in total. The SMILES string of the molecule is CO.COc1ccccc1-c1cc(C2=CCCN(C(=O)CCN(N)/C=C\N)C2)c(F)c2[nH]c(C=O)cc12. The fourth-order valence-corrected chi connectivity index (χ4v) is 4.39. The summed E-state index contributed by atoms with van der Waals surface area (Å²) in [4.78, 5) is 28.9. The Morgan fingerprint density at radius 1 is 1.24 bits per heavy atom. The lowest BCUT2D eigenvalue weighted by Gasteiger charge is -2.29. The number of nitrogens with zero attached hydrogens (tertiary/aromatic N) is 2. The number of H-pyrrole nitrogens is 1. The lowest BCUT2D eigenvalue weighted by atomic mass is 9.93. The quantitative estimate of drug-likeness (QED) is 0.208. The predicted molar refractivity (Wildman–Crippen MR) is 142 cm³/mol. The van der Waals surface area contributed by atoms with Gasteiger partial charge in [-0.1, -0.05) is 24.3 Å². The minimum atomic E-state index is -0.464. The van der Waals surface area contributed by atoms with Gasteiger partial charge in [-0.05, 0) is 35.8 Å². The number of ether oxygens (including phenoxy) is 1. The molecule has 1 aromatic heterocycles. The summed E-state index contributed by atoms with van der Waals surface area (Å²) < 4.78 is 21.3. The average molecular weight is 510 g/mol. The molecule has 0 atom stereocenters. The molecule has 2 heterocycles. The van der Waals surface area contributed by atoms with Gasteiger partial charge in [-0.15, -0.1) is 0 Å². The van der Waals surface area contributed by atoms with Gasteiger partial charge in [-0.25, -0.2) is 10.2 Å². The van der Waals surface area contributed by atoms with Gasteiger partial charge in [-0.2, -0.15) is 0 Å². The highest BCUT2D eigenvalue weighted by atomic mass is 19.1.